The number of benzene rings is 1. The number of carbonyl (C=O) groups is 3. The van der Waals surface area contributed by atoms with Crippen LogP contribution in [0.1, 0.15) is 6.92 Å². The van der Waals surface area contributed by atoms with Crippen LogP contribution < -0.4 is 10.1 Å². The minimum atomic E-state index is -1.19. The number of nitrogens with one attached hydrogen (secondary N) is 1. The van der Waals surface area contributed by atoms with E-state index in [1.54, 1.807) is 24.3 Å². The second-order valence-electron chi connectivity index (χ2n) is 3.94. The number of amides is 1. The number of hydrogen-bond donors (Lipinski definition) is 2. The quantitative estimate of drug-likeness (QED) is 0.593. The fourth-order valence-corrected chi connectivity index (χ4v) is 1.20. The summed E-state index contributed by atoms with van der Waals surface area (Å²) in [6.07, 6.45) is 0. The minimum absolute atomic E-state index is 0.210. The van der Waals surface area contributed by atoms with Crippen molar-refractivity contribution in [3.8, 4) is 5.75 Å². The van der Waals surface area contributed by atoms with Crippen LogP contribution in [-0.4, -0.2) is 36.7 Å². The number of esters is 1. The molecule has 1 aromatic rings. The van der Waals surface area contributed by atoms with Gasteiger partial charge in [0.2, 0.25) is 5.91 Å². The van der Waals surface area contributed by atoms with Crippen LogP contribution >= 0.6 is 0 Å². The molecule has 0 heterocycles. The predicted molar refractivity (Wildman–Crippen MR) is 69.4 cm³/mol. The summed E-state index contributed by atoms with van der Waals surface area (Å²) in [5.41, 5.74) is 0.438. The second-order valence-corrected chi connectivity index (χ2v) is 3.94. The Morgan fingerprint density at radius 3 is 2.35 bits per heavy atom. The summed E-state index contributed by atoms with van der Waals surface area (Å²) in [7, 11) is 1.26. The van der Waals surface area contributed by atoms with Gasteiger partial charge in [0.05, 0.1) is 7.11 Å². The zero-order valence-corrected chi connectivity index (χ0v) is 11.1. The molecule has 0 fully saturated rings. The lowest BCUT2D eigenvalue weighted by Gasteiger charge is -2.09. The standard InChI is InChI=1S/C13H15NO6/c1-8(13(17)18)12(16)14-9-3-5-10(6-4-9)20-7-11(15)19-2/h3-6,8H,7H2,1-2H3,(H,14,16)(H,17,18). The lowest BCUT2D eigenvalue weighted by Crippen LogP contribution is -2.26. The topological polar surface area (TPSA) is 102 Å². The van der Waals surface area contributed by atoms with E-state index in [9.17, 15) is 14.4 Å². The van der Waals surface area contributed by atoms with Gasteiger partial charge in [-0.15, -0.1) is 0 Å². The van der Waals surface area contributed by atoms with E-state index >= 15 is 0 Å². The number of rotatable bonds is 6. The molecule has 0 saturated carbocycles. The van der Waals surface area contributed by atoms with E-state index in [4.69, 9.17) is 9.84 Å². The van der Waals surface area contributed by atoms with Crippen LogP contribution in [0.25, 0.3) is 0 Å². The molecule has 7 nitrogen and oxygen atoms in total. The second kappa shape index (κ2) is 7.13. The number of aliphatic carboxylic acids is 1. The molecule has 1 unspecified atom stereocenters. The zero-order chi connectivity index (χ0) is 15.1. The minimum Gasteiger partial charge on any atom is -0.482 e. The van der Waals surface area contributed by atoms with Crippen LogP contribution in [0.5, 0.6) is 5.75 Å². The van der Waals surface area contributed by atoms with Gasteiger partial charge in [-0.3, -0.25) is 9.59 Å². The first-order chi connectivity index (χ1) is 9.43. The Labute approximate surface area is 115 Å². The molecule has 2 N–H and O–H groups in total. The van der Waals surface area contributed by atoms with E-state index in [0.29, 0.717) is 11.4 Å². The van der Waals surface area contributed by atoms with Crippen molar-refractivity contribution in [2.75, 3.05) is 19.0 Å². The van der Waals surface area contributed by atoms with Crippen molar-refractivity contribution in [1.82, 2.24) is 0 Å². The Bertz CT molecular complexity index is 496. The third-order valence-electron chi connectivity index (χ3n) is 2.47. The van der Waals surface area contributed by atoms with Crippen LogP contribution in [0.2, 0.25) is 0 Å². The van der Waals surface area contributed by atoms with E-state index in [1.165, 1.54) is 14.0 Å². The van der Waals surface area contributed by atoms with Crippen molar-refractivity contribution in [2.45, 2.75) is 6.92 Å². The molecule has 20 heavy (non-hydrogen) atoms. The number of ether oxygens (including phenoxy) is 2. The molecule has 1 aromatic carbocycles. The van der Waals surface area contributed by atoms with Crippen molar-refractivity contribution < 1.29 is 29.0 Å². The molecule has 1 amide bonds. The summed E-state index contributed by atoms with van der Waals surface area (Å²) < 4.78 is 9.54. The van der Waals surface area contributed by atoms with Crippen molar-refractivity contribution in [2.24, 2.45) is 5.92 Å². The van der Waals surface area contributed by atoms with Crippen LogP contribution in [0.15, 0.2) is 24.3 Å². The summed E-state index contributed by atoms with van der Waals surface area (Å²) in [4.78, 5) is 33.0. The molecule has 0 aliphatic carbocycles. The molecule has 0 aliphatic rings. The van der Waals surface area contributed by atoms with Crippen molar-refractivity contribution >= 4 is 23.5 Å². The van der Waals surface area contributed by atoms with Crippen molar-refractivity contribution in [3.05, 3.63) is 24.3 Å². The smallest absolute Gasteiger partial charge is 0.343 e. The Balaban J connectivity index is 2.56. The average Bonchev–Trinajstić information content (AvgIpc) is 2.45. The third-order valence-corrected chi connectivity index (χ3v) is 2.47. The number of carboxylic acid groups (broad SMARTS) is 1. The highest BCUT2D eigenvalue weighted by Gasteiger charge is 2.20. The van der Waals surface area contributed by atoms with E-state index in [0.717, 1.165) is 0 Å². The van der Waals surface area contributed by atoms with Gasteiger partial charge in [-0.05, 0) is 31.2 Å². The monoisotopic (exact) mass is 281 g/mol. The highest BCUT2D eigenvalue weighted by Crippen LogP contribution is 2.16. The lowest BCUT2D eigenvalue weighted by atomic mass is 10.1. The first-order valence-corrected chi connectivity index (χ1v) is 5.77. The average molecular weight is 281 g/mol. The van der Waals surface area contributed by atoms with Gasteiger partial charge in [-0.1, -0.05) is 0 Å². The molecule has 7 heteroatoms. The van der Waals surface area contributed by atoms with Crippen LogP contribution in [-0.2, 0) is 19.1 Å². The molecule has 0 radical (unpaired) electrons. The number of carbonyl (C=O) groups excluding carboxylic acids is 2. The van der Waals surface area contributed by atoms with E-state index in [-0.39, 0.29) is 6.61 Å². The molecule has 0 saturated heterocycles. The normalized spacial score (nSPS) is 11.3. The largest absolute Gasteiger partial charge is 0.482 e. The van der Waals surface area contributed by atoms with E-state index in [2.05, 4.69) is 10.1 Å². The Hall–Kier alpha value is -2.57. The van der Waals surface area contributed by atoms with E-state index < -0.39 is 23.8 Å². The number of carboxylic acids is 1. The molecule has 0 aliphatic heterocycles. The molecule has 1 rings (SSSR count). The SMILES string of the molecule is COC(=O)COc1ccc(NC(=O)C(C)C(=O)O)cc1. The van der Waals surface area contributed by atoms with Gasteiger partial charge < -0.3 is 19.9 Å². The van der Waals surface area contributed by atoms with Crippen LogP contribution in [0, 0.1) is 5.92 Å². The van der Waals surface area contributed by atoms with Crippen LogP contribution in [0.3, 0.4) is 0 Å². The predicted octanol–water partition coefficient (Wildman–Crippen LogP) is 0.898. The van der Waals surface area contributed by atoms with Gasteiger partial charge in [-0.2, -0.15) is 0 Å². The summed E-state index contributed by atoms with van der Waals surface area (Å²) in [6, 6.07) is 6.17. The summed E-state index contributed by atoms with van der Waals surface area (Å²) in [5.74, 6) is -3.01. The Kier molecular flexibility index (Phi) is 5.52. The van der Waals surface area contributed by atoms with Gasteiger partial charge in [-0.25, -0.2) is 4.79 Å². The number of methoxy groups -OCH3 is 1. The number of hydrogen-bond acceptors (Lipinski definition) is 5. The Morgan fingerprint density at radius 1 is 1.25 bits per heavy atom. The molecular formula is C13H15NO6. The molecule has 1 atom stereocenters. The van der Waals surface area contributed by atoms with Crippen LogP contribution in [0.4, 0.5) is 5.69 Å². The molecule has 0 bridgehead atoms. The van der Waals surface area contributed by atoms with Crippen molar-refractivity contribution in [1.29, 1.82) is 0 Å². The first-order valence-electron chi connectivity index (χ1n) is 5.77. The first kappa shape index (κ1) is 15.5. The molecular weight excluding hydrogens is 266 g/mol. The van der Waals surface area contributed by atoms with Gasteiger partial charge in [0.15, 0.2) is 6.61 Å². The zero-order valence-electron chi connectivity index (χ0n) is 11.1. The summed E-state index contributed by atoms with van der Waals surface area (Å²) >= 11 is 0. The molecule has 0 aromatic heterocycles. The van der Waals surface area contributed by atoms with Gasteiger partial charge in [0, 0.05) is 5.69 Å². The third kappa shape index (κ3) is 4.60. The maximum absolute atomic E-state index is 11.5. The summed E-state index contributed by atoms with van der Waals surface area (Å²) in [5, 5.41) is 11.2. The van der Waals surface area contributed by atoms with E-state index in [1.807, 2.05) is 0 Å². The van der Waals surface area contributed by atoms with Gasteiger partial charge in [0.25, 0.3) is 0 Å². The maximum atomic E-state index is 11.5. The lowest BCUT2D eigenvalue weighted by molar-refractivity contribution is -0.145. The highest BCUT2D eigenvalue weighted by molar-refractivity contribution is 6.03. The Morgan fingerprint density at radius 2 is 1.85 bits per heavy atom. The molecule has 0 spiro atoms. The van der Waals surface area contributed by atoms with Gasteiger partial charge in [0.1, 0.15) is 11.7 Å². The summed E-state index contributed by atoms with van der Waals surface area (Å²) in [6.45, 7) is 1.09. The number of anilines is 1. The van der Waals surface area contributed by atoms with Gasteiger partial charge >= 0.3 is 11.9 Å². The highest BCUT2D eigenvalue weighted by atomic mass is 16.6. The molecule has 108 valence electrons. The maximum Gasteiger partial charge on any atom is 0.343 e. The fourth-order valence-electron chi connectivity index (χ4n) is 1.20. The van der Waals surface area contributed by atoms with Crippen molar-refractivity contribution in [3.63, 3.8) is 0 Å². The fraction of sp³-hybridized carbons (Fsp3) is 0.308.